The predicted molar refractivity (Wildman–Crippen MR) is 67.2 cm³/mol. The van der Waals surface area contributed by atoms with Crippen LogP contribution in [0.15, 0.2) is 0 Å². The second-order valence-corrected chi connectivity index (χ2v) is 5.92. The Morgan fingerprint density at radius 1 is 1.40 bits per heavy atom. The highest BCUT2D eigenvalue weighted by molar-refractivity contribution is 4.84. The average molecular weight is 212 g/mol. The molecule has 2 nitrogen and oxygen atoms in total. The van der Waals surface area contributed by atoms with Crippen LogP contribution in [0, 0.1) is 0 Å². The molecule has 0 aromatic carbocycles. The summed E-state index contributed by atoms with van der Waals surface area (Å²) in [5.74, 6) is 0. The Morgan fingerprint density at radius 2 is 2.07 bits per heavy atom. The summed E-state index contributed by atoms with van der Waals surface area (Å²) in [4.78, 5) is 2.68. The topological polar surface area (TPSA) is 15.3 Å². The lowest BCUT2D eigenvalue weighted by molar-refractivity contribution is 0.175. The van der Waals surface area contributed by atoms with E-state index in [0.717, 1.165) is 12.6 Å². The quantitative estimate of drug-likeness (QED) is 0.770. The van der Waals surface area contributed by atoms with Crippen LogP contribution in [-0.2, 0) is 0 Å². The van der Waals surface area contributed by atoms with Gasteiger partial charge >= 0.3 is 0 Å². The van der Waals surface area contributed by atoms with Gasteiger partial charge in [0.05, 0.1) is 0 Å². The van der Waals surface area contributed by atoms with Crippen molar-refractivity contribution in [3.05, 3.63) is 0 Å². The van der Waals surface area contributed by atoms with Gasteiger partial charge in [0.15, 0.2) is 0 Å². The summed E-state index contributed by atoms with van der Waals surface area (Å²) in [6.07, 6.45) is 4.09. The summed E-state index contributed by atoms with van der Waals surface area (Å²) >= 11 is 0. The molecule has 0 spiro atoms. The van der Waals surface area contributed by atoms with Gasteiger partial charge in [-0.25, -0.2) is 0 Å². The monoisotopic (exact) mass is 212 g/mol. The summed E-state index contributed by atoms with van der Waals surface area (Å²) in [5, 5.41) is 3.60. The minimum atomic E-state index is 0.246. The van der Waals surface area contributed by atoms with Crippen molar-refractivity contribution in [1.29, 1.82) is 0 Å². The van der Waals surface area contributed by atoms with Crippen molar-refractivity contribution in [2.24, 2.45) is 0 Å². The van der Waals surface area contributed by atoms with Crippen molar-refractivity contribution in [2.45, 2.75) is 71.5 Å². The Bertz CT molecular complexity index is 183. The number of hydrogen-bond donors (Lipinski definition) is 1. The Hall–Kier alpha value is -0.0800. The van der Waals surface area contributed by atoms with E-state index in [1.54, 1.807) is 0 Å². The molecule has 1 N–H and O–H groups in total. The van der Waals surface area contributed by atoms with E-state index in [4.69, 9.17) is 0 Å². The Morgan fingerprint density at radius 3 is 2.60 bits per heavy atom. The van der Waals surface area contributed by atoms with E-state index in [2.05, 4.69) is 44.8 Å². The Balaban J connectivity index is 2.36. The maximum absolute atomic E-state index is 3.60. The lowest BCUT2D eigenvalue weighted by Gasteiger charge is -2.32. The van der Waals surface area contributed by atoms with Crippen LogP contribution < -0.4 is 5.32 Å². The molecule has 0 amide bonds. The van der Waals surface area contributed by atoms with Crippen LogP contribution in [0.4, 0.5) is 0 Å². The smallest absolute Gasteiger partial charge is 0.0195 e. The maximum atomic E-state index is 3.60. The second-order valence-electron chi connectivity index (χ2n) is 5.92. The molecule has 0 saturated carbocycles. The summed E-state index contributed by atoms with van der Waals surface area (Å²) < 4.78 is 0. The fourth-order valence-corrected chi connectivity index (χ4v) is 2.45. The molecule has 0 aliphatic carbocycles. The van der Waals surface area contributed by atoms with Crippen molar-refractivity contribution in [3.63, 3.8) is 0 Å². The summed E-state index contributed by atoms with van der Waals surface area (Å²) in [5.41, 5.74) is 0.246. The molecule has 1 rings (SSSR count). The fraction of sp³-hybridized carbons (Fsp3) is 1.00. The van der Waals surface area contributed by atoms with Crippen LogP contribution in [0.1, 0.15) is 53.9 Å². The average Bonchev–Trinajstić information content (AvgIpc) is 2.60. The van der Waals surface area contributed by atoms with Crippen LogP contribution in [0.3, 0.4) is 0 Å². The van der Waals surface area contributed by atoms with Gasteiger partial charge in [-0.05, 0) is 53.5 Å². The molecular formula is C13H28N2. The highest BCUT2D eigenvalue weighted by Gasteiger charge is 2.27. The number of likely N-dealkylation sites (tertiary alicyclic amines) is 1. The molecule has 1 heterocycles. The van der Waals surface area contributed by atoms with Gasteiger partial charge in [0.25, 0.3) is 0 Å². The minimum Gasteiger partial charge on any atom is -0.311 e. The summed E-state index contributed by atoms with van der Waals surface area (Å²) in [6.45, 7) is 13.8. The van der Waals surface area contributed by atoms with Gasteiger partial charge in [-0.15, -0.1) is 0 Å². The zero-order valence-electron chi connectivity index (χ0n) is 11.1. The molecule has 15 heavy (non-hydrogen) atoms. The third-order valence-electron chi connectivity index (χ3n) is 3.39. The summed E-state index contributed by atoms with van der Waals surface area (Å²) in [7, 11) is 0. The molecule has 0 aromatic heterocycles. The lowest BCUT2D eigenvalue weighted by atomic mass is 10.1. The molecule has 1 aliphatic rings. The standard InChI is InChI=1S/C13H28N2/c1-6-12-8-7-9-15(12)11(2)10-14-13(3,4)5/h11-12,14H,6-10H2,1-5H3. The second kappa shape index (κ2) is 5.31. The molecule has 90 valence electrons. The third kappa shape index (κ3) is 4.12. The zero-order valence-corrected chi connectivity index (χ0v) is 11.1. The zero-order chi connectivity index (χ0) is 11.5. The normalized spacial score (nSPS) is 25.8. The van der Waals surface area contributed by atoms with E-state index in [9.17, 15) is 0 Å². The van der Waals surface area contributed by atoms with Gasteiger partial charge in [-0.2, -0.15) is 0 Å². The van der Waals surface area contributed by atoms with E-state index >= 15 is 0 Å². The van der Waals surface area contributed by atoms with Crippen molar-refractivity contribution < 1.29 is 0 Å². The van der Waals surface area contributed by atoms with Crippen LogP contribution in [0.5, 0.6) is 0 Å². The van der Waals surface area contributed by atoms with Gasteiger partial charge in [0, 0.05) is 24.2 Å². The van der Waals surface area contributed by atoms with E-state index in [-0.39, 0.29) is 5.54 Å². The van der Waals surface area contributed by atoms with Crippen molar-refractivity contribution in [3.8, 4) is 0 Å². The first kappa shape index (κ1) is 13.0. The van der Waals surface area contributed by atoms with Crippen molar-refractivity contribution >= 4 is 0 Å². The van der Waals surface area contributed by atoms with Gasteiger partial charge in [-0.1, -0.05) is 6.92 Å². The maximum Gasteiger partial charge on any atom is 0.0195 e. The van der Waals surface area contributed by atoms with Crippen molar-refractivity contribution in [2.75, 3.05) is 13.1 Å². The summed E-state index contributed by atoms with van der Waals surface area (Å²) in [6, 6.07) is 1.51. The fourth-order valence-electron chi connectivity index (χ4n) is 2.45. The molecule has 2 heteroatoms. The van der Waals surface area contributed by atoms with E-state index < -0.39 is 0 Å². The van der Waals surface area contributed by atoms with Crippen LogP contribution in [0.2, 0.25) is 0 Å². The third-order valence-corrected chi connectivity index (χ3v) is 3.39. The SMILES string of the molecule is CCC1CCCN1C(C)CNC(C)(C)C. The van der Waals surface area contributed by atoms with Gasteiger partial charge < -0.3 is 5.32 Å². The minimum absolute atomic E-state index is 0.246. The van der Waals surface area contributed by atoms with Crippen molar-refractivity contribution in [1.82, 2.24) is 10.2 Å². The van der Waals surface area contributed by atoms with E-state index in [0.29, 0.717) is 6.04 Å². The van der Waals surface area contributed by atoms with E-state index in [1.165, 1.54) is 25.8 Å². The van der Waals surface area contributed by atoms with Gasteiger partial charge in [-0.3, -0.25) is 4.90 Å². The first-order chi connectivity index (χ1) is 6.94. The molecular weight excluding hydrogens is 184 g/mol. The van der Waals surface area contributed by atoms with Crippen LogP contribution in [0.25, 0.3) is 0 Å². The number of hydrogen-bond acceptors (Lipinski definition) is 2. The molecule has 1 fully saturated rings. The van der Waals surface area contributed by atoms with Crippen LogP contribution in [-0.4, -0.2) is 35.6 Å². The molecule has 0 aromatic rings. The highest BCUT2D eigenvalue weighted by Crippen LogP contribution is 2.22. The molecule has 2 atom stereocenters. The predicted octanol–water partition coefficient (Wildman–Crippen LogP) is 2.64. The largest absolute Gasteiger partial charge is 0.311 e. The Labute approximate surface area is 95.4 Å². The number of nitrogens with zero attached hydrogens (tertiary/aromatic N) is 1. The first-order valence-electron chi connectivity index (χ1n) is 6.45. The van der Waals surface area contributed by atoms with E-state index in [1.807, 2.05) is 0 Å². The lowest BCUT2D eigenvalue weighted by Crippen LogP contribution is -2.47. The Kier molecular flexibility index (Phi) is 4.60. The first-order valence-corrected chi connectivity index (χ1v) is 6.45. The van der Waals surface area contributed by atoms with Crippen LogP contribution >= 0.6 is 0 Å². The molecule has 1 aliphatic heterocycles. The molecule has 0 radical (unpaired) electrons. The molecule has 0 bridgehead atoms. The highest BCUT2D eigenvalue weighted by atomic mass is 15.2. The molecule has 1 saturated heterocycles. The van der Waals surface area contributed by atoms with Gasteiger partial charge in [0.2, 0.25) is 0 Å². The van der Waals surface area contributed by atoms with Gasteiger partial charge in [0.1, 0.15) is 0 Å². The number of rotatable bonds is 4. The number of nitrogens with one attached hydrogen (secondary N) is 1. The molecule has 2 unspecified atom stereocenters.